The van der Waals surface area contributed by atoms with Gasteiger partial charge in [-0.05, 0) is 24.3 Å². The number of hydrogen-bond donors (Lipinski definition) is 1. The van der Waals surface area contributed by atoms with Gasteiger partial charge in [-0.15, -0.1) is 21.5 Å². The fraction of sp³-hybridized carbons (Fsp3) is 0. The molecular weight excluding hydrogens is 318 g/mol. The molecule has 4 aromatic rings. The van der Waals surface area contributed by atoms with Gasteiger partial charge in [0.25, 0.3) is 0 Å². The Kier molecular flexibility index (Phi) is 3.95. The Bertz CT molecular complexity index is 921. The fourth-order valence-corrected chi connectivity index (χ4v) is 2.95. The lowest BCUT2D eigenvalue weighted by Gasteiger charge is -2.03. The molecule has 0 aliphatic heterocycles. The van der Waals surface area contributed by atoms with E-state index in [1.165, 1.54) is 11.3 Å². The number of benzene rings is 1. The van der Waals surface area contributed by atoms with Crippen molar-refractivity contribution in [2.24, 2.45) is 0 Å². The molecule has 0 saturated heterocycles. The van der Waals surface area contributed by atoms with Crippen LogP contribution in [0.2, 0.25) is 0 Å². The SMILES string of the molecule is c1ccc(-c2ccc(Nc3nc(-c4ccccn4)cs3)nn2)cc1. The van der Waals surface area contributed by atoms with Gasteiger partial charge in [-0.3, -0.25) is 4.98 Å². The van der Waals surface area contributed by atoms with Gasteiger partial charge in [-0.2, -0.15) is 0 Å². The zero-order chi connectivity index (χ0) is 16.2. The summed E-state index contributed by atoms with van der Waals surface area (Å²) < 4.78 is 0. The summed E-state index contributed by atoms with van der Waals surface area (Å²) in [6, 6.07) is 19.6. The molecule has 0 unspecified atom stereocenters. The lowest BCUT2D eigenvalue weighted by molar-refractivity contribution is 1.04. The summed E-state index contributed by atoms with van der Waals surface area (Å²) in [6.07, 6.45) is 1.76. The highest BCUT2D eigenvalue weighted by molar-refractivity contribution is 7.14. The third kappa shape index (κ3) is 3.13. The molecule has 4 rings (SSSR count). The summed E-state index contributed by atoms with van der Waals surface area (Å²) in [5.41, 5.74) is 3.59. The van der Waals surface area contributed by atoms with Crippen molar-refractivity contribution >= 4 is 22.3 Å². The highest BCUT2D eigenvalue weighted by atomic mass is 32.1. The smallest absolute Gasteiger partial charge is 0.188 e. The van der Waals surface area contributed by atoms with Crippen LogP contribution in [0.1, 0.15) is 0 Å². The average Bonchev–Trinajstić information content (AvgIpc) is 3.12. The summed E-state index contributed by atoms with van der Waals surface area (Å²) >= 11 is 1.51. The van der Waals surface area contributed by atoms with E-state index in [9.17, 15) is 0 Å². The van der Waals surface area contributed by atoms with E-state index in [0.29, 0.717) is 5.82 Å². The number of hydrogen-bond acceptors (Lipinski definition) is 6. The third-order valence-corrected chi connectivity index (χ3v) is 4.16. The molecule has 0 radical (unpaired) electrons. The molecule has 0 saturated carbocycles. The maximum atomic E-state index is 4.53. The van der Waals surface area contributed by atoms with E-state index >= 15 is 0 Å². The van der Waals surface area contributed by atoms with E-state index in [2.05, 4.69) is 25.5 Å². The predicted octanol–water partition coefficient (Wildman–Crippen LogP) is 4.41. The van der Waals surface area contributed by atoms with Crippen molar-refractivity contribution in [1.29, 1.82) is 0 Å². The van der Waals surface area contributed by atoms with Crippen molar-refractivity contribution in [1.82, 2.24) is 20.2 Å². The van der Waals surface area contributed by atoms with E-state index < -0.39 is 0 Å². The van der Waals surface area contributed by atoms with Crippen LogP contribution in [0.25, 0.3) is 22.6 Å². The first kappa shape index (κ1) is 14.5. The lowest BCUT2D eigenvalue weighted by Crippen LogP contribution is -1.96. The fourth-order valence-electron chi connectivity index (χ4n) is 2.23. The molecule has 0 atom stereocenters. The normalized spacial score (nSPS) is 10.5. The van der Waals surface area contributed by atoms with Crippen molar-refractivity contribution in [3.05, 3.63) is 72.2 Å². The number of nitrogens with zero attached hydrogens (tertiary/aromatic N) is 4. The van der Waals surface area contributed by atoms with Crippen LogP contribution in [0.5, 0.6) is 0 Å². The van der Waals surface area contributed by atoms with Crippen LogP contribution in [0.4, 0.5) is 10.9 Å². The number of aromatic nitrogens is 4. The second-order valence-corrected chi connectivity index (χ2v) is 5.91. The standard InChI is InChI=1S/C18H13N5S/c1-2-6-13(7-3-1)14-9-10-17(23-22-14)21-18-20-16(12-24-18)15-8-4-5-11-19-15/h1-12H,(H,20,21,23). The Morgan fingerprint density at radius 2 is 1.62 bits per heavy atom. The molecule has 0 aliphatic carbocycles. The van der Waals surface area contributed by atoms with E-state index in [0.717, 1.165) is 27.8 Å². The van der Waals surface area contributed by atoms with Gasteiger partial charge in [-0.1, -0.05) is 36.4 Å². The quantitative estimate of drug-likeness (QED) is 0.600. The van der Waals surface area contributed by atoms with Crippen molar-refractivity contribution in [2.75, 3.05) is 5.32 Å². The minimum atomic E-state index is 0.664. The molecule has 5 nitrogen and oxygen atoms in total. The summed E-state index contributed by atoms with van der Waals surface area (Å²) in [6.45, 7) is 0. The Balaban J connectivity index is 1.51. The number of nitrogens with one attached hydrogen (secondary N) is 1. The second kappa shape index (κ2) is 6.55. The van der Waals surface area contributed by atoms with Gasteiger partial charge in [0.1, 0.15) is 5.69 Å². The summed E-state index contributed by atoms with van der Waals surface area (Å²) in [4.78, 5) is 8.84. The van der Waals surface area contributed by atoms with Crippen molar-refractivity contribution in [3.8, 4) is 22.6 Å². The predicted molar refractivity (Wildman–Crippen MR) is 96.1 cm³/mol. The van der Waals surface area contributed by atoms with Crippen molar-refractivity contribution in [2.45, 2.75) is 0 Å². The Morgan fingerprint density at radius 1 is 0.750 bits per heavy atom. The third-order valence-electron chi connectivity index (χ3n) is 3.40. The monoisotopic (exact) mass is 331 g/mol. The van der Waals surface area contributed by atoms with E-state index in [1.54, 1.807) is 6.20 Å². The van der Waals surface area contributed by atoms with Gasteiger partial charge in [0.2, 0.25) is 0 Å². The number of rotatable bonds is 4. The van der Waals surface area contributed by atoms with Crippen molar-refractivity contribution < 1.29 is 0 Å². The molecule has 0 fully saturated rings. The van der Waals surface area contributed by atoms with E-state index in [-0.39, 0.29) is 0 Å². The van der Waals surface area contributed by atoms with Crippen molar-refractivity contribution in [3.63, 3.8) is 0 Å². The molecule has 0 amide bonds. The van der Waals surface area contributed by atoms with Crippen LogP contribution in [0.15, 0.2) is 72.2 Å². The van der Waals surface area contributed by atoms with Crippen LogP contribution < -0.4 is 5.32 Å². The maximum absolute atomic E-state index is 4.53. The summed E-state index contributed by atoms with van der Waals surface area (Å²) in [7, 11) is 0. The van der Waals surface area contributed by atoms with Gasteiger partial charge in [0.05, 0.1) is 11.4 Å². The first-order chi connectivity index (χ1) is 11.9. The van der Waals surface area contributed by atoms with Crippen LogP contribution in [-0.2, 0) is 0 Å². The average molecular weight is 331 g/mol. The molecule has 1 N–H and O–H groups in total. The molecule has 0 spiro atoms. The maximum Gasteiger partial charge on any atom is 0.188 e. The molecule has 24 heavy (non-hydrogen) atoms. The van der Waals surface area contributed by atoms with Gasteiger partial charge >= 0.3 is 0 Å². The lowest BCUT2D eigenvalue weighted by atomic mass is 10.1. The number of pyridine rings is 1. The van der Waals surface area contributed by atoms with Gasteiger partial charge in [0, 0.05) is 17.1 Å². The highest BCUT2D eigenvalue weighted by Gasteiger charge is 2.07. The molecule has 3 aromatic heterocycles. The van der Waals surface area contributed by atoms with Crippen LogP contribution in [0.3, 0.4) is 0 Å². The largest absolute Gasteiger partial charge is 0.315 e. The Morgan fingerprint density at radius 3 is 2.38 bits per heavy atom. The second-order valence-electron chi connectivity index (χ2n) is 5.05. The van der Waals surface area contributed by atoms with E-state index in [1.807, 2.05) is 66.0 Å². The minimum Gasteiger partial charge on any atom is -0.315 e. The van der Waals surface area contributed by atoms with Crippen LogP contribution in [0, 0.1) is 0 Å². The molecule has 6 heteroatoms. The zero-order valence-electron chi connectivity index (χ0n) is 12.6. The van der Waals surface area contributed by atoms with Gasteiger partial charge < -0.3 is 5.32 Å². The topological polar surface area (TPSA) is 63.6 Å². The van der Waals surface area contributed by atoms with Gasteiger partial charge in [-0.25, -0.2) is 4.98 Å². The van der Waals surface area contributed by atoms with Crippen LogP contribution in [-0.4, -0.2) is 20.2 Å². The minimum absolute atomic E-state index is 0.664. The molecule has 116 valence electrons. The van der Waals surface area contributed by atoms with E-state index in [4.69, 9.17) is 0 Å². The molecule has 3 heterocycles. The van der Waals surface area contributed by atoms with Gasteiger partial charge in [0.15, 0.2) is 10.9 Å². The summed E-state index contributed by atoms with van der Waals surface area (Å²) in [5, 5.41) is 14.4. The zero-order valence-corrected chi connectivity index (χ0v) is 13.4. The Hall–Kier alpha value is -3.12. The molecule has 0 bridgehead atoms. The first-order valence-corrected chi connectivity index (χ1v) is 8.29. The number of thiazole rings is 1. The first-order valence-electron chi connectivity index (χ1n) is 7.41. The summed E-state index contributed by atoms with van der Waals surface area (Å²) in [5.74, 6) is 0.664. The molecular formula is C18H13N5S. The highest BCUT2D eigenvalue weighted by Crippen LogP contribution is 2.25. The Labute approximate surface area is 143 Å². The molecule has 0 aliphatic rings. The molecule has 1 aromatic carbocycles. The van der Waals surface area contributed by atoms with Crippen LogP contribution >= 0.6 is 11.3 Å². The number of anilines is 2.